The summed E-state index contributed by atoms with van der Waals surface area (Å²) in [5, 5.41) is 3.08. The second kappa shape index (κ2) is 7.01. The lowest BCUT2D eigenvalue weighted by molar-refractivity contribution is 0.0620. The molecule has 4 nitrogen and oxygen atoms in total. The molecule has 1 rings (SSSR count). The fourth-order valence-electron chi connectivity index (χ4n) is 1.65. The van der Waals surface area contributed by atoms with Gasteiger partial charge in [-0.15, -0.1) is 0 Å². The zero-order valence-corrected chi connectivity index (χ0v) is 11.4. The van der Waals surface area contributed by atoms with E-state index in [-0.39, 0.29) is 0 Å². The molecular weight excluding hydrogens is 252 g/mol. The number of rotatable bonds is 6. The standard InChI is InChI=1S/C13H19F2N3O/c1-4-5-16-12-7-10(6-9(2)17-12)13(19)18(3)8-11(14)15/h6-7,11H,4-5,8H2,1-3H3,(H,16,17). The van der Waals surface area contributed by atoms with Crippen LogP contribution in [0.15, 0.2) is 12.1 Å². The average Bonchev–Trinajstić information content (AvgIpc) is 2.33. The highest BCUT2D eigenvalue weighted by Crippen LogP contribution is 2.13. The monoisotopic (exact) mass is 271 g/mol. The summed E-state index contributed by atoms with van der Waals surface area (Å²) in [6, 6.07) is 3.19. The summed E-state index contributed by atoms with van der Waals surface area (Å²) < 4.78 is 24.5. The van der Waals surface area contributed by atoms with Crippen molar-refractivity contribution in [2.24, 2.45) is 0 Å². The Morgan fingerprint density at radius 2 is 2.16 bits per heavy atom. The molecule has 0 aliphatic rings. The molecule has 0 spiro atoms. The molecule has 19 heavy (non-hydrogen) atoms. The van der Waals surface area contributed by atoms with Gasteiger partial charge in [-0.1, -0.05) is 6.92 Å². The van der Waals surface area contributed by atoms with Gasteiger partial charge < -0.3 is 10.2 Å². The molecule has 0 saturated heterocycles. The van der Waals surface area contributed by atoms with Crippen LogP contribution in [0.25, 0.3) is 0 Å². The van der Waals surface area contributed by atoms with Crippen molar-refractivity contribution < 1.29 is 13.6 Å². The van der Waals surface area contributed by atoms with E-state index in [1.54, 1.807) is 19.1 Å². The van der Waals surface area contributed by atoms with Crippen molar-refractivity contribution in [1.82, 2.24) is 9.88 Å². The Bertz CT molecular complexity index is 438. The molecule has 0 atom stereocenters. The van der Waals surface area contributed by atoms with Crippen LogP contribution in [0.3, 0.4) is 0 Å². The number of aryl methyl sites for hydroxylation is 1. The van der Waals surface area contributed by atoms with Crippen molar-refractivity contribution in [2.75, 3.05) is 25.5 Å². The highest BCUT2D eigenvalue weighted by atomic mass is 19.3. The number of aromatic nitrogens is 1. The van der Waals surface area contributed by atoms with Gasteiger partial charge in [0.2, 0.25) is 0 Å². The number of nitrogens with zero attached hydrogens (tertiary/aromatic N) is 2. The van der Waals surface area contributed by atoms with Gasteiger partial charge >= 0.3 is 0 Å². The van der Waals surface area contributed by atoms with Crippen LogP contribution in [-0.4, -0.2) is 42.4 Å². The van der Waals surface area contributed by atoms with Crippen LogP contribution >= 0.6 is 0 Å². The smallest absolute Gasteiger partial charge is 0.255 e. The highest BCUT2D eigenvalue weighted by molar-refractivity contribution is 5.94. The van der Waals surface area contributed by atoms with Gasteiger partial charge in [-0.05, 0) is 25.5 Å². The third-order valence-electron chi connectivity index (χ3n) is 2.52. The molecule has 6 heteroatoms. The van der Waals surface area contributed by atoms with E-state index < -0.39 is 18.9 Å². The van der Waals surface area contributed by atoms with Crippen molar-refractivity contribution in [1.29, 1.82) is 0 Å². The van der Waals surface area contributed by atoms with Crippen LogP contribution in [0.5, 0.6) is 0 Å². The van der Waals surface area contributed by atoms with Crippen molar-refractivity contribution in [2.45, 2.75) is 26.7 Å². The molecule has 1 amide bonds. The lowest BCUT2D eigenvalue weighted by Gasteiger charge is -2.17. The summed E-state index contributed by atoms with van der Waals surface area (Å²) in [6.45, 7) is 3.96. The second-order valence-corrected chi connectivity index (χ2v) is 4.39. The Balaban J connectivity index is 2.87. The number of carbonyl (C=O) groups excluding carboxylic acids is 1. The number of anilines is 1. The molecule has 106 valence electrons. The van der Waals surface area contributed by atoms with Gasteiger partial charge in [0, 0.05) is 24.8 Å². The summed E-state index contributed by atoms with van der Waals surface area (Å²) in [7, 11) is 1.36. The lowest BCUT2D eigenvalue weighted by atomic mass is 10.2. The fourth-order valence-corrected chi connectivity index (χ4v) is 1.65. The predicted molar refractivity (Wildman–Crippen MR) is 70.7 cm³/mol. The number of halogens is 2. The van der Waals surface area contributed by atoms with E-state index in [4.69, 9.17) is 0 Å². The molecule has 0 radical (unpaired) electrons. The number of carbonyl (C=O) groups is 1. The topological polar surface area (TPSA) is 45.2 Å². The third kappa shape index (κ3) is 4.81. The molecule has 0 aliphatic heterocycles. The Morgan fingerprint density at radius 1 is 1.47 bits per heavy atom. The Labute approximate surface area is 111 Å². The zero-order chi connectivity index (χ0) is 14.4. The lowest BCUT2D eigenvalue weighted by Crippen LogP contribution is -2.31. The summed E-state index contributed by atoms with van der Waals surface area (Å²) >= 11 is 0. The van der Waals surface area contributed by atoms with E-state index in [0.29, 0.717) is 17.1 Å². The van der Waals surface area contributed by atoms with Gasteiger partial charge in [-0.3, -0.25) is 4.79 Å². The van der Waals surface area contributed by atoms with Gasteiger partial charge in [0.1, 0.15) is 5.82 Å². The quantitative estimate of drug-likeness (QED) is 0.864. The van der Waals surface area contributed by atoms with Crippen LogP contribution < -0.4 is 5.32 Å². The maximum Gasteiger partial charge on any atom is 0.255 e. The second-order valence-electron chi connectivity index (χ2n) is 4.39. The van der Waals surface area contributed by atoms with Crippen LogP contribution in [-0.2, 0) is 0 Å². The zero-order valence-electron chi connectivity index (χ0n) is 11.4. The number of alkyl halides is 2. The van der Waals surface area contributed by atoms with Crippen molar-refractivity contribution in [3.8, 4) is 0 Å². The number of hydrogen-bond acceptors (Lipinski definition) is 3. The molecule has 0 bridgehead atoms. The minimum atomic E-state index is -2.53. The summed E-state index contributed by atoms with van der Waals surface area (Å²) in [5.74, 6) is 0.168. The minimum absolute atomic E-state index is 0.370. The summed E-state index contributed by atoms with van der Waals surface area (Å²) in [6.07, 6.45) is -1.60. The summed E-state index contributed by atoms with van der Waals surface area (Å²) in [5.41, 5.74) is 1.05. The van der Waals surface area contributed by atoms with Crippen molar-refractivity contribution in [3.63, 3.8) is 0 Å². The van der Waals surface area contributed by atoms with Crippen molar-refractivity contribution in [3.05, 3.63) is 23.4 Å². The molecule has 0 saturated carbocycles. The Hall–Kier alpha value is -1.72. The maximum absolute atomic E-state index is 12.3. The van der Waals surface area contributed by atoms with E-state index in [9.17, 15) is 13.6 Å². The van der Waals surface area contributed by atoms with Crippen LogP contribution in [0, 0.1) is 6.92 Å². The molecule has 1 N–H and O–H groups in total. The SMILES string of the molecule is CCCNc1cc(C(=O)N(C)CC(F)F)cc(C)n1. The fraction of sp³-hybridized carbons (Fsp3) is 0.538. The van der Waals surface area contributed by atoms with E-state index in [2.05, 4.69) is 10.3 Å². The van der Waals surface area contributed by atoms with Gasteiger partial charge in [0.05, 0.1) is 6.54 Å². The maximum atomic E-state index is 12.3. The first-order valence-electron chi connectivity index (χ1n) is 6.20. The number of hydrogen-bond donors (Lipinski definition) is 1. The largest absolute Gasteiger partial charge is 0.370 e. The molecule has 1 aromatic heterocycles. The van der Waals surface area contributed by atoms with Crippen LogP contribution in [0.1, 0.15) is 29.4 Å². The normalized spacial score (nSPS) is 10.6. The van der Waals surface area contributed by atoms with E-state index in [0.717, 1.165) is 17.9 Å². The first-order chi connectivity index (χ1) is 8.93. The first-order valence-corrected chi connectivity index (χ1v) is 6.20. The van der Waals surface area contributed by atoms with Crippen molar-refractivity contribution >= 4 is 11.7 Å². The average molecular weight is 271 g/mol. The van der Waals surface area contributed by atoms with E-state index in [1.165, 1.54) is 7.05 Å². The number of pyridine rings is 1. The molecule has 0 unspecified atom stereocenters. The number of amides is 1. The first kappa shape index (κ1) is 15.3. The number of nitrogens with one attached hydrogen (secondary N) is 1. The Kier molecular flexibility index (Phi) is 5.66. The minimum Gasteiger partial charge on any atom is -0.370 e. The molecule has 1 aromatic rings. The molecule has 0 aromatic carbocycles. The molecule has 0 aliphatic carbocycles. The van der Waals surface area contributed by atoms with Gasteiger partial charge in [-0.2, -0.15) is 0 Å². The van der Waals surface area contributed by atoms with Gasteiger partial charge in [0.15, 0.2) is 0 Å². The molecular formula is C13H19F2N3O. The molecule has 0 fully saturated rings. The predicted octanol–water partition coefficient (Wildman–Crippen LogP) is 2.55. The third-order valence-corrected chi connectivity index (χ3v) is 2.52. The molecule has 1 heterocycles. The van der Waals surface area contributed by atoms with Gasteiger partial charge in [-0.25, -0.2) is 13.8 Å². The van der Waals surface area contributed by atoms with Gasteiger partial charge in [0.25, 0.3) is 12.3 Å². The van der Waals surface area contributed by atoms with E-state index >= 15 is 0 Å². The summed E-state index contributed by atoms with van der Waals surface area (Å²) in [4.78, 5) is 17.3. The van der Waals surface area contributed by atoms with Crippen LogP contribution in [0.4, 0.5) is 14.6 Å². The van der Waals surface area contributed by atoms with E-state index in [1.807, 2.05) is 6.92 Å². The highest BCUT2D eigenvalue weighted by Gasteiger charge is 2.16. The Morgan fingerprint density at radius 3 is 2.74 bits per heavy atom. The van der Waals surface area contributed by atoms with Crippen LogP contribution in [0.2, 0.25) is 0 Å².